The molecule has 1 aromatic carbocycles. The van der Waals surface area contributed by atoms with Gasteiger partial charge in [0.25, 0.3) is 5.91 Å². The van der Waals surface area contributed by atoms with E-state index >= 15 is 0 Å². The Morgan fingerprint density at radius 3 is 2.54 bits per heavy atom. The van der Waals surface area contributed by atoms with Gasteiger partial charge in [0.1, 0.15) is 23.4 Å². The van der Waals surface area contributed by atoms with Crippen LogP contribution in [0.15, 0.2) is 36.9 Å². The number of amides is 4. The molecule has 50 heavy (non-hydrogen) atoms. The fourth-order valence-corrected chi connectivity index (χ4v) is 7.79. The fourth-order valence-electron chi connectivity index (χ4n) is 6.42. The lowest BCUT2D eigenvalue weighted by Gasteiger charge is -2.35. The third kappa shape index (κ3) is 7.46. The minimum atomic E-state index is -3.89. The average Bonchev–Trinajstić information content (AvgIpc) is 3.94. The van der Waals surface area contributed by atoms with Crippen LogP contribution in [0.3, 0.4) is 0 Å². The first kappa shape index (κ1) is 35.3. The Morgan fingerprint density at radius 1 is 1.12 bits per heavy atom. The maximum absolute atomic E-state index is 14.4. The van der Waals surface area contributed by atoms with Crippen molar-refractivity contribution in [2.24, 2.45) is 11.3 Å². The number of ether oxygens (including phenoxy) is 2. The Kier molecular flexibility index (Phi) is 9.63. The molecule has 0 spiro atoms. The van der Waals surface area contributed by atoms with Crippen LogP contribution in [0.25, 0.3) is 11.4 Å². The normalized spacial score (nSPS) is 27.6. The van der Waals surface area contributed by atoms with Gasteiger partial charge in [0, 0.05) is 24.4 Å². The Balaban J connectivity index is 1.31. The smallest absolute Gasteiger partial charge is 0.407 e. The van der Waals surface area contributed by atoms with E-state index < -0.39 is 74.1 Å². The van der Waals surface area contributed by atoms with E-state index in [2.05, 4.69) is 37.3 Å². The zero-order chi connectivity index (χ0) is 35.8. The maximum atomic E-state index is 14.4. The van der Waals surface area contributed by atoms with Crippen molar-refractivity contribution in [3.8, 4) is 17.1 Å². The van der Waals surface area contributed by atoms with Crippen LogP contribution >= 0.6 is 0 Å². The third-order valence-corrected chi connectivity index (χ3v) is 11.4. The van der Waals surface area contributed by atoms with E-state index in [-0.39, 0.29) is 26.0 Å². The molecule has 3 heterocycles. The van der Waals surface area contributed by atoms with Gasteiger partial charge in [-0.05, 0) is 61.3 Å². The van der Waals surface area contributed by atoms with Crippen molar-refractivity contribution in [2.45, 2.75) is 94.6 Å². The Bertz CT molecular complexity index is 1770. The molecular formula is C33H44N8O8S. The van der Waals surface area contributed by atoms with Gasteiger partial charge in [-0.25, -0.2) is 13.2 Å². The SMILES string of the molecule is C=C[C@@H]1C[C@]1(NC(=O)[C@@H]1C[C@@H]2CN1C(=O)[C@@H](C(C)(C)C)NC(=O)OCCCCCOc1cccc(c1)-c1nnn2n1)C(=O)NS(=O)(=O)C1CC1. The quantitative estimate of drug-likeness (QED) is 0.369. The molecule has 270 valence electrons. The summed E-state index contributed by atoms with van der Waals surface area (Å²) in [5, 5.41) is 17.9. The number of benzene rings is 1. The van der Waals surface area contributed by atoms with Gasteiger partial charge in [-0.3, -0.25) is 19.1 Å². The van der Waals surface area contributed by atoms with E-state index in [0.29, 0.717) is 43.0 Å². The summed E-state index contributed by atoms with van der Waals surface area (Å²) in [6.07, 6.45) is 3.92. The Labute approximate surface area is 290 Å². The number of carbonyl (C=O) groups excluding carboxylic acids is 4. The van der Waals surface area contributed by atoms with Crippen molar-refractivity contribution < 1.29 is 37.1 Å². The minimum Gasteiger partial charge on any atom is -0.494 e. The van der Waals surface area contributed by atoms with Gasteiger partial charge in [-0.15, -0.1) is 16.8 Å². The van der Waals surface area contributed by atoms with Gasteiger partial charge in [0.05, 0.1) is 24.5 Å². The predicted octanol–water partition coefficient (Wildman–Crippen LogP) is 1.86. The number of tetrazole rings is 1. The highest BCUT2D eigenvalue weighted by Crippen LogP contribution is 2.45. The first-order chi connectivity index (χ1) is 23.7. The second-order valence-corrected chi connectivity index (χ2v) is 16.5. The fraction of sp³-hybridized carbons (Fsp3) is 0.606. The number of carbonyl (C=O) groups is 4. The Hall–Kier alpha value is -4.54. The molecule has 0 radical (unpaired) electrons. The molecule has 2 aliphatic heterocycles. The molecule has 5 atom stereocenters. The molecule has 2 aliphatic carbocycles. The zero-order valence-electron chi connectivity index (χ0n) is 28.5. The number of nitrogens with zero attached hydrogens (tertiary/aromatic N) is 5. The summed E-state index contributed by atoms with van der Waals surface area (Å²) in [7, 11) is -3.89. The van der Waals surface area contributed by atoms with Crippen molar-refractivity contribution >= 4 is 33.8 Å². The van der Waals surface area contributed by atoms with Gasteiger partial charge >= 0.3 is 6.09 Å². The van der Waals surface area contributed by atoms with Crippen LogP contribution in [0.2, 0.25) is 0 Å². The summed E-state index contributed by atoms with van der Waals surface area (Å²) in [5.41, 5.74) is -1.67. The lowest BCUT2D eigenvalue weighted by atomic mass is 9.85. The lowest BCUT2D eigenvalue weighted by molar-refractivity contribution is -0.142. The number of aromatic nitrogens is 4. The number of hydrogen-bond acceptors (Lipinski definition) is 11. The van der Waals surface area contributed by atoms with E-state index in [1.165, 1.54) is 15.8 Å². The van der Waals surface area contributed by atoms with Crippen LogP contribution in [0.5, 0.6) is 5.75 Å². The molecule has 6 rings (SSSR count). The highest BCUT2D eigenvalue weighted by Gasteiger charge is 2.62. The summed E-state index contributed by atoms with van der Waals surface area (Å²) >= 11 is 0. The van der Waals surface area contributed by atoms with Crippen LogP contribution in [0.1, 0.15) is 71.8 Å². The number of alkyl carbamates (subject to hydrolysis) is 1. The first-order valence-electron chi connectivity index (χ1n) is 17.0. The number of fused-ring (bicyclic) bond motifs is 8. The maximum Gasteiger partial charge on any atom is 0.407 e. The summed E-state index contributed by atoms with van der Waals surface area (Å²) in [5.74, 6) is -1.61. The van der Waals surface area contributed by atoms with Gasteiger partial charge in [0.2, 0.25) is 27.7 Å². The van der Waals surface area contributed by atoms with Crippen LogP contribution in [-0.4, -0.2) is 100.0 Å². The summed E-state index contributed by atoms with van der Waals surface area (Å²) < 4.78 is 38.8. The second kappa shape index (κ2) is 13.6. The summed E-state index contributed by atoms with van der Waals surface area (Å²) in [6.45, 7) is 9.71. The monoisotopic (exact) mass is 712 g/mol. The molecule has 2 saturated carbocycles. The van der Waals surface area contributed by atoms with E-state index in [0.717, 1.165) is 12.8 Å². The highest BCUT2D eigenvalue weighted by molar-refractivity contribution is 7.91. The average molecular weight is 713 g/mol. The largest absolute Gasteiger partial charge is 0.494 e. The Morgan fingerprint density at radius 2 is 1.86 bits per heavy atom. The van der Waals surface area contributed by atoms with Crippen molar-refractivity contribution in [3.05, 3.63) is 36.9 Å². The molecule has 1 aromatic heterocycles. The van der Waals surface area contributed by atoms with Crippen LogP contribution in [0, 0.1) is 11.3 Å². The molecule has 6 bridgehead atoms. The predicted molar refractivity (Wildman–Crippen MR) is 179 cm³/mol. The number of cyclic esters (lactones) is 1. The summed E-state index contributed by atoms with van der Waals surface area (Å²) in [4.78, 5) is 57.6. The van der Waals surface area contributed by atoms with Crippen molar-refractivity contribution in [3.63, 3.8) is 0 Å². The van der Waals surface area contributed by atoms with Crippen molar-refractivity contribution in [1.29, 1.82) is 0 Å². The van der Waals surface area contributed by atoms with Crippen molar-refractivity contribution in [1.82, 2.24) is 40.5 Å². The number of nitrogens with one attached hydrogen (secondary N) is 3. The highest BCUT2D eigenvalue weighted by atomic mass is 32.2. The van der Waals surface area contributed by atoms with Crippen LogP contribution in [0.4, 0.5) is 4.79 Å². The number of sulfonamides is 1. The van der Waals surface area contributed by atoms with Gasteiger partial charge in [-0.1, -0.05) is 39.0 Å². The van der Waals surface area contributed by atoms with E-state index in [9.17, 15) is 27.6 Å². The molecular weight excluding hydrogens is 668 g/mol. The van der Waals surface area contributed by atoms with Crippen LogP contribution < -0.4 is 20.1 Å². The molecule has 17 heteroatoms. The second-order valence-electron chi connectivity index (χ2n) is 14.5. The van der Waals surface area contributed by atoms with E-state index in [1.807, 2.05) is 18.2 Å². The molecule has 4 aliphatic rings. The molecule has 3 N–H and O–H groups in total. The van der Waals surface area contributed by atoms with Gasteiger partial charge < -0.3 is 25.0 Å². The molecule has 3 fully saturated rings. The van der Waals surface area contributed by atoms with E-state index in [4.69, 9.17) is 9.47 Å². The minimum absolute atomic E-state index is 0.0146. The summed E-state index contributed by atoms with van der Waals surface area (Å²) in [6, 6.07) is 4.45. The zero-order valence-corrected chi connectivity index (χ0v) is 29.3. The van der Waals surface area contributed by atoms with Gasteiger partial charge in [-0.2, -0.15) is 4.80 Å². The van der Waals surface area contributed by atoms with Crippen LogP contribution in [-0.2, 0) is 29.1 Å². The molecule has 1 saturated heterocycles. The third-order valence-electron chi connectivity index (χ3n) is 9.63. The standard InChI is InChI=1S/C33H44N8O8S/c1-5-21-18-33(21,30(44)38-50(46,47)24-12-13-24)35-28(42)25-17-22-19-40(25)29(43)26(32(2,3)4)34-31(45)49-15-8-6-7-14-48-23-11-9-10-20(16-23)27-36-39-41(22)37-27/h5,9-11,16,21-22,24-26H,1,6-8,12-15,17-19H2,2-4H3,(H,34,45)(H,35,42)(H,38,44)/t21-,22-,25+,26+,33-/m1/s1. The number of hydrogen-bond donors (Lipinski definition) is 3. The topological polar surface area (TPSA) is 204 Å². The van der Waals surface area contributed by atoms with E-state index in [1.54, 1.807) is 26.8 Å². The molecule has 16 nitrogen and oxygen atoms in total. The molecule has 0 unspecified atom stereocenters. The molecule has 4 amide bonds. The van der Waals surface area contributed by atoms with Gasteiger partial charge in [0.15, 0.2) is 0 Å². The van der Waals surface area contributed by atoms with Crippen molar-refractivity contribution in [2.75, 3.05) is 19.8 Å². The lowest BCUT2D eigenvalue weighted by Crippen LogP contribution is -2.60. The number of rotatable bonds is 6. The molecule has 2 aromatic rings. The first-order valence-corrected chi connectivity index (χ1v) is 18.5.